The Morgan fingerprint density at radius 2 is 1.84 bits per heavy atom. The van der Waals surface area contributed by atoms with Crippen LogP contribution >= 0.6 is 0 Å². The summed E-state index contributed by atoms with van der Waals surface area (Å²) in [5.41, 5.74) is -0.0157. The molecule has 0 fully saturated rings. The van der Waals surface area contributed by atoms with Gasteiger partial charge in [-0.2, -0.15) is 13.2 Å². The number of halogens is 3. The monoisotopic (exact) mass is 430 g/mol. The molecule has 0 unspecified atom stereocenters. The number of hydrogen-bond donors (Lipinski definition) is 2. The van der Waals surface area contributed by atoms with Crippen LogP contribution < -0.4 is 10.9 Å². The number of alkyl halides is 3. The zero-order valence-electron chi connectivity index (χ0n) is 16.9. The lowest BCUT2D eigenvalue weighted by Gasteiger charge is -2.17. The number of aromatic nitrogens is 1. The maximum absolute atomic E-state index is 13.3. The summed E-state index contributed by atoms with van der Waals surface area (Å²) in [4.78, 5) is 24.3. The summed E-state index contributed by atoms with van der Waals surface area (Å²) in [6.07, 6.45) is -2.98. The zero-order chi connectivity index (χ0) is 22.8. The van der Waals surface area contributed by atoms with Crippen LogP contribution in [-0.4, -0.2) is 15.6 Å². The smallest absolute Gasteiger partial charge is 0.416 e. The molecule has 2 N–H and O–H groups in total. The first kappa shape index (κ1) is 22.1. The van der Waals surface area contributed by atoms with E-state index in [2.05, 4.69) is 5.32 Å². The molecular formula is C23H21F3N2O3. The van der Waals surface area contributed by atoms with Gasteiger partial charge in [0.2, 0.25) is 0 Å². The molecule has 3 aromatic rings. The molecule has 2 aromatic carbocycles. The van der Waals surface area contributed by atoms with Crippen LogP contribution in [0.2, 0.25) is 0 Å². The van der Waals surface area contributed by atoms with Gasteiger partial charge in [-0.3, -0.25) is 9.59 Å². The largest absolute Gasteiger partial charge is 0.502 e. The first-order valence-corrected chi connectivity index (χ1v) is 9.51. The third-order valence-electron chi connectivity index (χ3n) is 5.00. The molecule has 0 bridgehead atoms. The molecule has 0 spiro atoms. The van der Waals surface area contributed by atoms with E-state index in [0.717, 1.165) is 10.6 Å². The topological polar surface area (TPSA) is 71.3 Å². The second-order valence-corrected chi connectivity index (χ2v) is 7.27. The highest BCUT2D eigenvalue weighted by atomic mass is 19.4. The van der Waals surface area contributed by atoms with Gasteiger partial charge in [-0.15, -0.1) is 0 Å². The lowest BCUT2D eigenvalue weighted by Crippen LogP contribution is -2.29. The van der Waals surface area contributed by atoms with E-state index in [4.69, 9.17) is 0 Å². The fourth-order valence-corrected chi connectivity index (χ4v) is 3.30. The van der Waals surface area contributed by atoms with E-state index < -0.39 is 35.0 Å². The summed E-state index contributed by atoms with van der Waals surface area (Å²) in [6.45, 7) is 1.71. The van der Waals surface area contributed by atoms with Gasteiger partial charge in [0.1, 0.15) is 0 Å². The quantitative estimate of drug-likeness (QED) is 0.638. The average molecular weight is 430 g/mol. The van der Waals surface area contributed by atoms with Crippen LogP contribution in [0, 0.1) is 0 Å². The lowest BCUT2D eigenvalue weighted by molar-refractivity contribution is -0.138. The van der Waals surface area contributed by atoms with E-state index >= 15 is 0 Å². The van der Waals surface area contributed by atoms with Crippen LogP contribution in [0.15, 0.2) is 65.6 Å². The number of nitrogens with zero attached hydrogens (tertiary/aromatic N) is 1. The zero-order valence-corrected chi connectivity index (χ0v) is 16.9. The molecule has 1 atom stereocenters. The van der Waals surface area contributed by atoms with Crippen LogP contribution in [-0.2, 0) is 19.6 Å². The molecular weight excluding hydrogens is 409 g/mol. The Bertz CT molecular complexity index is 1170. The summed E-state index contributed by atoms with van der Waals surface area (Å²) >= 11 is 0. The van der Waals surface area contributed by atoms with Gasteiger partial charge in [-0.25, -0.2) is 0 Å². The Hall–Kier alpha value is -3.55. The Labute approximate surface area is 176 Å². The van der Waals surface area contributed by atoms with E-state index in [0.29, 0.717) is 11.1 Å². The second-order valence-electron chi connectivity index (χ2n) is 7.27. The highest BCUT2D eigenvalue weighted by Crippen LogP contribution is 2.33. The molecule has 3 rings (SSSR count). The van der Waals surface area contributed by atoms with E-state index in [-0.39, 0.29) is 17.5 Å². The van der Waals surface area contributed by atoms with Crippen molar-refractivity contribution in [3.05, 3.63) is 99.0 Å². The summed E-state index contributed by atoms with van der Waals surface area (Å²) in [5.74, 6) is -1.28. The second kappa shape index (κ2) is 8.67. The van der Waals surface area contributed by atoms with E-state index in [9.17, 15) is 27.9 Å². The Balaban J connectivity index is 1.80. The van der Waals surface area contributed by atoms with Crippen molar-refractivity contribution in [2.45, 2.75) is 25.6 Å². The molecule has 0 radical (unpaired) electrons. The number of pyridine rings is 1. The highest BCUT2D eigenvalue weighted by molar-refractivity contribution is 5.96. The molecule has 162 valence electrons. The van der Waals surface area contributed by atoms with Crippen molar-refractivity contribution in [3.8, 4) is 5.75 Å². The van der Waals surface area contributed by atoms with Crippen molar-refractivity contribution in [1.29, 1.82) is 0 Å². The third kappa shape index (κ3) is 4.96. The van der Waals surface area contributed by atoms with E-state index in [1.54, 1.807) is 37.3 Å². The third-order valence-corrected chi connectivity index (χ3v) is 5.00. The van der Waals surface area contributed by atoms with Crippen LogP contribution in [0.5, 0.6) is 5.75 Å². The SMILES string of the molecule is C[C@@H](NC(=O)c1ccn(C)c(=O)c1O)c1cccc(Cc2ccccc2C(F)(F)F)c1. The van der Waals surface area contributed by atoms with Gasteiger partial charge in [-0.05, 0) is 42.2 Å². The van der Waals surface area contributed by atoms with Crippen LogP contribution in [0.1, 0.15) is 45.6 Å². The predicted octanol–water partition coefficient (Wildman–Crippen LogP) is 4.19. The van der Waals surface area contributed by atoms with Crippen LogP contribution in [0.3, 0.4) is 0 Å². The molecule has 8 heteroatoms. The van der Waals surface area contributed by atoms with Gasteiger partial charge in [0.25, 0.3) is 11.5 Å². The fraction of sp³-hybridized carbons (Fsp3) is 0.217. The number of hydrogen-bond acceptors (Lipinski definition) is 3. The molecule has 1 amide bonds. The molecule has 0 aliphatic carbocycles. The highest BCUT2D eigenvalue weighted by Gasteiger charge is 2.32. The number of aromatic hydroxyl groups is 1. The number of rotatable bonds is 5. The van der Waals surface area contributed by atoms with Crippen molar-refractivity contribution in [2.75, 3.05) is 0 Å². The summed E-state index contributed by atoms with van der Waals surface area (Å²) < 4.78 is 40.9. The molecule has 0 aliphatic heterocycles. The summed E-state index contributed by atoms with van der Waals surface area (Å²) in [6, 6.07) is 13.1. The van der Waals surface area contributed by atoms with Gasteiger partial charge in [0.15, 0.2) is 5.75 Å². The molecule has 0 saturated heterocycles. The first-order valence-electron chi connectivity index (χ1n) is 9.51. The van der Waals surface area contributed by atoms with Gasteiger partial charge < -0.3 is 15.0 Å². The molecule has 1 aromatic heterocycles. The number of benzene rings is 2. The number of aryl methyl sites for hydroxylation is 1. The van der Waals surface area contributed by atoms with E-state index in [1.165, 1.54) is 31.4 Å². The average Bonchev–Trinajstić information content (AvgIpc) is 2.72. The lowest BCUT2D eigenvalue weighted by atomic mass is 9.97. The Kier molecular flexibility index (Phi) is 6.19. The Morgan fingerprint density at radius 3 is 2.55 bits per heavy atom. The maximum Gasteiger partial charge on any atom is 0.416 e. The van der Waals surface area contributed by atoms with Crippen molar-refractivity contribution in [2.24, 2.45) is 7.05 Å². The van der Waals surface area contributed by atoms with Crippen molar-refractivity contribution < 1.29 is 23.1 Å². The molecule has 1 heterocycles. The maximum atomic E-state index is 13.3. The normalized spacial score (nSPS) is 12.4. The number of carbonyl (C=O) groups excluding carboxylic acids is 1. The molecule has 0 saturated carbocycles. The minimum absolute atomic E-state index is 0.0830. The Morgan fingerprint density at radius 1 is 1.13 bits per heavy atom. The first-order chi connectivity index (χ1) is 14.6. The minimum atomic E-state index is -4.44. The fourth-order valence-electron chi connectivity index (χ4n) is 3.30. The van der Waals surface area contributed by atoms with Crippen molar-refractivity contribution >= 4 is 5.91 Å². The molecule has 0 aliphatic rings. The van der Waals surface area contributed by atoms with Gasteiger partial charge >= 0.3 is 6.18 Å². The van der Waals surface area contributed by atoms with Gasteiger partial charge in [-0.1, -0.05) is 42.5 Å². The standard InChI is InChI=1S/C23H21F3N2O3/c1-14(27-21(30)18-10-11-28(2)22(31)20(18)29)16-8-5-6-15(12-16)13-17-7-3-4-9-19(17)23(24,25)26/h3-12,14,29H,13H2,1-2H3,(H,27,30)/t14-/m1/s1. The minimum Gasteiger partial charge on any atom is -0.502 e. The number of amides is 1. The van der Waals surface area contributed by atoms with Gasteiger partial charge in [0.05, 0.1) is 17.2 Å². The van der Waals surface area contributed by atoms with Gasteiger partial charge in [0, 0.05) is 13.2 Å². The number of nitrogens with one attached hydrogen (secondary N) is 1. The molecule has 5 nitrogen and oxygen atoms in total. The van der Waals surface area contributed by atoms with Crippen molar-refractivity contribution in [1.82, 2.24) is 9.88 Å². The van der Waals surface area contributed by atoms with Crippen molar-refractivity contribution in [3.63, 3.8) is 0 Å². The summed E-state index contributed by atoms with van der Waals surface area (Å²) in [7, 11) is 1.45. The predicted molar refractivity (Wildman–Crippen MR) is 110 cm³/mol. The van der Waals surface area contributed by atoms with E-state index in [1.807, 2.05) is 0 Å². The number of carbonyl (C=O) groups is 1. The molecule has 31 heavy (non-hydrogen) atoms. The van der Waals surface area contributed by atoms with Crippen LogP contribution in [0.25, 0.3) is 0 Å². The summed E-state index contributed by atoms with van der Waals surface area (Å²) in [5, 5.41) is 12.6. The van der Waals surface area contributed by atoms with Crippen LogP contribution in [0.4, 0.5) is 13.2 Å².